The highest BCUT2D eigenvalue weighted by Gasteiger charge is 2.36. The fraction of sp³-hybridized carbons (Fsp3) is 0.258. The largest absolute Gasteiger partial charge is 0.468 e. The molecule has 3 aromatic rings. The van der Waals surface area contributed by atoms with Crippen molar-refractivity contribution in [2.24, 2.45) is 0 Å². The Morgan fingerprint density at radius 2 is 1.74 bits per heavy atom. The molecule has 3 N–H and O–H groups in total. The summed E-state index contributed by atoms with van der Waals surface area (Å²) in [6, 6.07) is 17.5. The van der Waals surface area contributed by atoms with Crippen LogP contribution in [0, 0.1) is 32.1 Å². The number of hydrogen-bond acceptors (Lipinski definition) is 6. The van der Waals surface area contributed by atoms with Crippen molar-refractivity contribution < 1.29 is 14.0 Å². The first-order chi connectivity index (χ1) is 18.7. The van der Waals surface area contributed by atoms with Crippen molar-refractivity contribution in [2.45, 2.75) is 47.0 Å². The van der Waals surface area contributed by atoms with Crippen molar-refractivity contribution in [2.75, 3.05) is 16.4 Å². The Bertz CT molecular complexity index is 1470. The molecule has 2 heterocycles. The zero-order chi connectivity index (χ0) is 28.1. The van der Waals surface area contributed by atoms with Gasteiger partial charge in [0.2, 0.25) is 5.91 Å². The van der Waals surface area contributed by atoms with Crippen molar-refractivity contribution in [3.63, 3.8) is 0 Å². The van der Waals surface area contributed by atoms with Crippen molar-refractivity contribution in [3.05, 3.63) is 105 Å². The van der Waals surface area contributed by atoms with E-state index in [-0.39, 0.29) is 17.6 Å². The number of amides is 2. The molecule has 1 aromatic heterocycles. The number of dihydropyridines is 1. The van der Waals surface area contributed by atoms with E-state index < -0.39 is 5.92 Å². The number of allylic oxidation sites excluding steroid dienone is 2. The fourth-order valence-electron chi connectivity index (χ4n) is 4.78. The minimum absolute atomic E-state index is 0.0878. The van der Waals surface area contributed by atoms with Gasteiger partial charge in [-0.1, -0.05) is 48.5 Å². The van der Waals surface area contributed by atoms with Gasteiger partial charge in [-0.15, -0.1) is 0 Å². The first-order valence-corrected chi connectivity index (χ1v) is 13.8. The smallest absolute Gasteiger partial charge is 0.254 e. The van der Waals surface area contributed by atoms with Gasteiger partial charge in [0.15, 0.2) is 0 Å². The highest BCUT2D eigenvalue weighted by molar-refractivity contribution is 8.03. The quantitative estimate of drug-likeness (QED) is 0.302. The van der Waals surface area contributed by atoms with Gasteiger partial charge in [0, 0.05) is 17.1 Å². The zero-order valence-corrected chi connectivity index (χ0v) is 23.6. The molecular formula is C31H32N4O3S. The van der Waals surface area contributed by atoms with Crippen LogP contribution < -0.4 is 16.0 Å². The Morgan fingerprint density at radius 3 is 2.33 bits per heavy atom. The van der Waals surface area contributed by atoms with Crippen molar-refractivity contribution in [1.82, 2.24) is 5.32 Å². The van der Waals surface area contributed by atoms with Crippen LogP contribution in [0.15, 0.2) is 81.1 Å². The second-order valence-electron chi connectivity index (χ2n) is 9.58. The molecule has 8 heteroatoms. The molecule has 0 saturated heterocycles. The average molecular weight is 541 g/mol. The van der Waals surface area contributed by atoms with Gasteiger partial charge in [-0.25, -0.2) is 0 Å². The maximum atomic E-state index is 13.7. The summed E-state index contributed by atoms with van der Waals surface area (Å²) >= 11 is 1.22. The van der Waals surface area contributed by atoms with Crippen LogP contribution in [0.5, 0.6) is 0 Å². The van der Waals surface area contributed by atoms with Gasteiger partial charge in [-0.2, -0.15) is 5.26 Å². The monoisotopic (exact) mass is 540 g/mol. The van der Waals surface area contributed by atoms with Gasteiger partial charge in [0.05, 0.1) is 40.2 Å². The minimum Gasteiger partial charge on any atom is -0.468 e. The van der Waals surface area contributed by atoms with Crippen LogP contribution in [0.2, 0.25) is 0 Å². The number of aryl methyl sites for hydroxylation is 4. The number of benzene rings is 2. The number of carbonyl (C=O) groups is 2. The zero-order valence-electron chi connectivity index (χ0n) is 22.8. The van der Waals surface area contributed by atoms with Crippen LogP contribution in [0.25, 0.3) is 0 Å². The van der Waals surface area contributed by atoms with Crippen LogP contribution in [-0.2, 0) is 16.0 Å². The predicted octanol–water partition coefficient (Wildman–Crippen LogP) is 6.47. The lowest BCUT2D eigenvalue weighted by molar-refractivity contribution is -0.114. The lowest BCUT2D eigenvalue weighted by atomic mass is 9.85. The fourth-order valence-corrected chi connectivity index (χ4v) is 5.68. The molecule has 0 bridgehead atoms. The molecule has 0 unspecified atom stereocenters. The highest BCUT2D eigenvalue weighted by Crippen LogP contribution is 2.41. The molecular weight excluding hydrogens is 508 g/mol. The molecule has 1 aliphatic rings. The molecule has 0 fully saturated rings. The van der Waals surface area contributed by atoms with Crippen LogP contribution in [0.3, 0.4) is 0 Å². The molecule has 200 valence electrons. The van der Waals surface area contributed by atoms with Crippen LogP contribution >= 0.6 is 11.8 Å². The number of nitrogens with one attached hydrogen (secondary N) is 3. The predicted molar refractivity (Wildman–Crippen MR) is 156 cm³/mol. The summed E-state index contributed by atoms with van der Waals surface area (Å²) in [7, 11) is 0. The number of carbonyl (C=O) groups excluding carboxylic acids is 2. The lowest BCUT2D eigenvalue weighted by Crippen LogP contribution is -2.31. The van der Waals surface area contributed by atoms with Crippen molar-refractivity contribution in [1.29, 1.82) is 5.26 Å². The summed E-state index contributed by atoms with van der Waals surface area (Å²) in [6.07, 6.45) is 2.45. The molecule has 0 spiro atoms. The second-order valence-corrected chi connectivity index (χ2v) is 10.6. The standard InChI is InChI=1S/C31H32N4O3S/c1-6-22-9-11-23(12-10-22)34-26(36)17-39-31-24(16-32)28(25-8-7-13-38-25)27(21(5)33-31)30(37)35-29-19(3)14-18(2)15-20(29)4/h7-15,28,33H,6,17H2,1-5H3,(H,34,36)(H,35,37)/t28-/m1/s1. The van der Waals surface area contributed by atoms with Gasteiger partial charge in [0.25, 0.3) is 5.91 Å². The van der Waals surface area contributed by atoms with E-state index in [0.717, 1.165) is 28.8 Å². The number of nitrogens with zero attached hydrogens (tertiary/aromatic N) is 1. The van der Waals surface area contributed by atoms with Crippen LogP contribution in [-0.4, -0.2) is 17.6 Å². The maximum absolute atomic E-state index is 13.7. The average Bonchev–Trinajstić information content (AvgIpc) is 3.44. The number of anilines is 2. The summed E-state index contributed by atoms with van der Waals surface area (Å²) in [5.74, 6) is -0.662. The molecule has 0 saturated carbocycles. The molecule has 2 aromatic carbocycles. The second kappa shape index (κ2) is 12.1. The van der Waals surface area contributed by atoms with Crippen LogP contribution in [0.1, 0.15) is 47.8 Å². The molecule has 2 amide bonds. The van der Waals surface area contributed by atoms with E-state index in [1.165, 1.54) is 23.6 Å². The van der Waals surface area contributed by atoms with E-state index in [1.54, 1.807) is 19.1 Å². The summed E-state index contributed by atoms with van der Waals surface area (Å²) < 4.78 is 5.70. The highest BCUT2D eigenvalue weighted by atomic mass is 32.2. The first-order valence-electron chi connectivity index (χ1n) is 12.8. The molecule has 4 rings (SSSR count). The SMILES string of the molecule is CCc1ccc(NC(=O)CSC2=C(C#N)[C@H](c3ccco3)C(C(=O)Nc3c(C)cc(C)cc3C)=C(C)N2)cc1. The minimum atomic E-state index is -0.718. The Kier molecular flexibility index (Phi) is 8.62. The van der Waals surface area contributed by atoms with Crippen molar-refractivity contribution >= 4 is 35.0 Å². The third kappa shape index (κ3) is 6.27. The Hall–Kier alpha value is -4.22. The third-order valence-electron chi connectivity index (χ3n) is 6.63. The van der Waals surface area contributed by atoms with Crippen LogP contribution in [0.4, 0.5) is 11.4 Å². The van der Waals surface area contributed by atoms with E-state index in [9.17, 15) is 14.9 Å². The normalized spacial score (nSPS) is 15.0. The summed E-state index contributed by atoms with van der Waals surface area (Å²) in [4.78, 5) is 26.4. The maximum Gasteiger partial charge on any atom is 0.254 e. The van der Waals surface area contributed by atoms with E-state index in [4.69, 9.17) is 4.42 Å². The van der Waals surface area contributed by atoms with E-state index in [2.05, 4.69) is 28.9 Å². The molecule has 7 nitrogen and oxygen atoms in total. The first kappa shape index (κ1) is 27.8. The number of furan rings is 1. The van der Waals surface area contributed by atoms with Gasteiger partial charge in [-0.05, 0) is 75.1 Å². The van der Waals surface area contributed by atoms with Gasteiger partial charge < -0.3 is 20.4 Å². The topological polar surface area (TPSA) is 107 Å². The Balaban J connectivity index is 1.58. The van der Waals surface area contributed by atoms with Gasteiger partial charge in [0.1, 0.15) is 5.76 Å². The summed E-state index contributed by atoms with van der Waals surface area (Å²) in [6.45, 7) is 9.80. The molecule has 0 radical (unpaired) electrons. The van der Waals surface area contributed by atoms with E-state index in [0.29, 0.717) is 33.3 Å². The Labute approximate surface area is 233 Å². The molecule has 1 atom stereocenters. The summed E-state index contributed by atoms with van der Waals surface area (Å²) in [5, 5.41) is 19.9. The van der Waals surface area contributed by atoms with Gasteiger partial charge >= 0.3 is 0 Å². The molecule has 1 aliphatic heterocycles. The van der Waals surface area contributed by atoms with E-state index >= 15 is 0 Å². The molecule has 39 heavy (non-hydrogen) atoms. The number of hydrogen-bond donors (Lipinski definition) is 3. The van der Waals surface area contributed by atoms with Crippen molar-refractivity contribution in [3.8, 4) is 6.07 Å². The van der Waals surface area contributed by atoms with E-state index in [1.807, 2.05) is 57.2 Å². The number of nitriles is 1. The Morgan fingerprint density at radius 1 is 1.05 bits per heavy atom. The molecule has 0 aliphatic carbocycles. The summed E-state index contributed by atoms with van der Waals surface area (Å²) in [5.41, 5.74) is 6.99. The number of thioether (sulfide) groups is 1. The number of rotatable bonds is 8. The van der Waals surface area contributed by atoms with Gasteiger partial charge in [-0.3, -0.25) is 9.59 Å². The lowest BCUT2D eigenvalue weighted by Gasteiger charge is -2.28. The third-order valence-corrected chi connectivity index (χ3v) is 7.65.